The van der Waals surface area contributed by atoms with Crippen molar-refractivity contribution in [3.05, 3.63) is 81.0 Å². The van der Waals surface area contributed by atoms with Crippen LogP contribution in [0.15, 0.2) is 63.1 Å². The van der Waals surface area contributed by atoms with Gasteiger partial charge in [-0.1, -0.05) is 12.1 Å². The Hall–Kier alpha value is -3.26. The number of amides is 1. The Morgan fingerprint density at radius 1 is 1.21 bits per heavy atom. The molecule has 0 aliphatic rings. The van der Waals surface area contributed by atoms with Gasteiger partial charge in [-0.2, -0.15) is 0 Å². The number of carbonyl (C=O) groups is 1. The highest BCUT2D eigenvalue weighted by Gasteiger charge is 2.21. The summed E-state index contributed by atoms with van der Waals surface area (Å²) < 4.78 is 19.8. The molecule has 0 fully saturated rings. The lowest BCUT2D eigenvalue weighted by Crippen LogP contribution is -2.35. The van der Waals surface area contributed by atoms with E-state index in [2.05, 4.69) is 4.98 Å². The van der Waals surface area contributed by atoms with Crippen LogP contribution >= 0.6 is 11.3 Å². The summed E-state index contributed by atoms with van der Waals surface area (Å²) in [5.74, 6) is -1.32. The third-order valence-electron chi connectivity index (χ3n) is 4.29. The van der Waals surface area contributed by atoms with Gasteiger partial charge in [-0.25, -0.2) is 14.2 Å². The van der Waals surface area contributed by atoms with Crippen molar-refractivity contribution in [3.8, 4) is 0 Å². The molecule has 2 heterocycles. The van der Waals surface area contributed by atoms with Gasteiger partial charge in [0.2, 0.25) is 5.91 Å². The van der Waals surface area contributed by atoms with Gasteiger partial charge >= 0.3 is 5.76 Å². The molecule has 1 amide bonds. The largest absolute Gasteiger partial charge is 0.420 e. The number of aromatic nitrogens is 2. The van der Waals surface area contributed by atoms with Crippen LogP contribution in [-0.4, -0.2) is 15.5 Å². The van der Waals surface area contributed by atoms with Crippen LogP contribution in [-0.2, 0) is 17.9 Å². The molecule has 0 radical (unpaired) electrons. The summed E-state index contributed by atoms with van der Waals surface area (Å²) in [7, 11) is 0. The first-order chi connectivity index (χ1) is 13.5. The number of carbonyl (C=O) groups excluding carboxylic acids is 1. The van der Waals surface area contributed by atoms with E-state index in [4.69, 9.17) is 4.42 Å². The number of nitrogens with zero attached hydrogens (tertiary/aromatic N) is 3. The third kappa shape index (κ3) is 3.59. The minimum absolute atomic E-state index is 0.198. The number of benzene rings is 2. The van der Waals surface area contributed by atoms with E-state index in [9.17, 15) is 14.0 Å². The van der Waals surface area contributed by atoms with E-state index in [1.54, 1.807) is 24.3 Å². The highest BCUT2D eigenvalue weighted by molar-refractivity contribution is 7.09. The maximum atomic E-state index is 13.3. The molecular formula is C20H16FN3O3S. The van der Waals surface area contributed by atoms with Crippen molar-refractivity contribution < 1.29 is 13.6 Å². The number of aryl methyl sites for hydroxylation is 1. The molecule has 2 aromatic carbocycles. The predicted octanol–water partition coefficient (Wildman–Crippen LogP) is 3.73. The summed E-state index contributed by atoms with van der Waals surface area (Å²) in [6, 6.07) is 12.6. The van der Waals surface area contributed by atoms with Crippen molar-refractivity contribution in [3.63, 3.8) is 0 Å². The van der Waals surface area contributed by atoms with E-state index < -0.39 is 11.6 Å². The standard InChI is InChI=1S/C20H16FN3O3S/c1-13-22-15(12-28-13)10-23(16-8-6-14(21)7-9-16)19(25)11-24-17-4-2-3-5-18(17)27-20(24)26/h2-9,12H,10-11H2,1H3. The number of halogens is 1. The normalized spacial score (nSPS) is 11.1. The van der Waals surface area contributed by atoms with E-state index in [1.165, 1.54) is 45.1 Å². The summed E-state index contributed by atoms with van der Waals surface area (Å²) in [6.07, 6.45) is 0. The molecule has 0 aliphatic heterocycles. The maximum Gasteiger partial charge on any atom is 0.420 e. The van der Waals surface area contributed by atoms with E-state index in [0.29, 0.717) is 16.8 Å². The molecule has 28 heavy (non-hydrogen) atoms. The Labute approximate surface area is 163 Å². The Balaban J connectivity index is 1.68. The number of para-hydroxylation sites is 2. The minimum atomic E-state index is -0.599. The predicted molar refractivity (Wildman–Crippen MR) is 105 cm³/mol. The molecule has 142 valence electrons. The number of anilines is 1. The van der Waals surface area contributed by atoms with Crippen LogP contribution in [0.4, 0.5) is 10.1 Å². The number of hydrogen-bond donors (Lipinski definition) is 0. The second-order valence-electron chi connectivity index (χ2n) is 6.24. The fourth-order valence-corrected chi connectivity index (χ4v) is 3.58. The van der Waals surface area contributed by atoms with Crippen molar-refractivity contribution >= 4 is 34.0 Å². The second kappa shape index (κ2) is 7.40. The number of hydrogen-bond acceptors (Lipinski definition) is 5. The molecule has 0 spiro atoms. The van der Waals surface area contributed by atoms with Crippen molar-refractivity contribution in [2.45, 2.75) is 20.0 Å². The van der Waals surface area contributed by atoms with Crippen LogP contribution in [0, 0.1) is 12.7 Å². The average molecular weight is 397 g/mol. The van der Waals surface area contributed by atoms with E-state index in [-0.39, 0.29) is 19.0 Å². The highest BCUT2D eigenvalue weighted by Crippen LogP contribution is 2.20. The van der Waals surface area contributed by atoms with Gasteiger partial charge in [0.05, 0.1) is 22.8 Å². The van der Waals surface area contributed by atoms with E-state index in [1.807, 2.05) is 12.3 Å². The van der Waals surface area contributed by atoms with Crippen LogP contribution < -0.4 is 10.7 Å². The lowest BCUT2D eigenvalue weighted by atomic mass is 10.2. The highest BCUT2D eigenvalue weighted by atomic mass is 32.1. The fourth-order valence-electron chi connectivity index (χ4n) is 2.97. The van der Waals surface area contributed by atoms with Gasteiger partial charge in [-0.3, -0.25) is 9.36 Å². The molecule has 0 saturated carbocycles. The van der Waals surface area contributed by atoms with Gasteiger partial charge in [0.15, 0.2) is 5.58 Å². The second-order valence-corrected chi connectivity index (χ2v) is 7.30. The van der Waals surface area contributed by atoms with Gasteiger partial charge in [-0.15, -0.1) is 11.3 Å². The zero-order valence-electron chi connectivity index (χ0n) is 15.0. The van der Waals surface area contributed by atoms with Gasteiger partial charge in [-0.05, 0) is 43.3 Å². The van der Waals surface area contributed by atoms with Gasteiger partial charge in [0, 0.05) is 11.1 Å². The molecule has 4 rings (SSSR count). The molecule has 0 N–H and O–H groups in total. The van der Waals surface area contributed by atoms with Crippen molar-refractivity contribution in [2.24, 2.45) is 0 Å². The number of oxazole rings is 1. The first kappa shape index (κ1) is 18.1. The Kier molecular flexibility index (Phi) is 4.79. The van der Waals surface area contributed by atoms with Crippen molar-refractivity contribution in [1.29, 1.82) is 0 Å². The molecule has 0 bridgehead atoms. The molecule has 0 saturated heterocycles. The van der Waals surface area contributed by atoms with Crippen LogP contribution in [0.5, 0.6) is 0 Å². The summed E-state index contributed by atoms with van der Waals surface area (Å²) >= 11 is 1.49. The monoisotopic (exact) mass is 397 g/mol. The fraction of sp³-hybridized carbons (Fsp3) is 0.150. The van der Waals surface area contributed by atoms with Crippen molar-refractivity contribution in [2.75, 3.05) is 4.90 Å². The SMILES string of the molecule is Cc1nc(CN(C(=O)Cn2c(=O)oc3ccccc32)c2ccc(F)cc2)cs1. The quantitative estimate of drug-likeness (QED) is 0.515. The zero-order valence-corrected chi connectivity index (χ0v) is 15.8. The average Bonchev–Trinajstić information content (AvgIpc) is 3.23. The lowest BCUT2D eigenvalue weighted by molar-refractivity contribution is -0.119. The number of thiazole rings is 1. The van der Waals surface area contributed by atoms with Crippen LogP contribution in [0.25, 0.3) is 11.1 Å². The maximum absolute atomic E-state index is 13.3. The molecule has 0 atom stereocenters. The first-order valence-corrected chi connectivity index (χ1v) is 9.44. The molecular weight excluding hydrogens is 381 g/mol. The van der Waals surface area contributed by atoms with Crippen molar-refractivity contribution in [1.82, 2.24) is 9.55 Å². The topological polar surface area (TPSA) is 68.3 Å². The lowest BCUT2D eigenvalue weighted by Gasteiger charge is -2.22. The number of rotatable bonds is 5. The Bertz CT molecular complexity index is 1190. The van der Waals surface area contributed by atoms with E-state index >= 15 is 0 Å². The number of fused-ring (bicyclic) bond motifs is 1. The van der Waals surface area contributed by atoms with Crippen LogP contribution in [0.2, 0.25) is 0 Å². The molecule has 2 aromatic heterocycles. The Morgan fingerprint density at radius 3 is 2.68 bits per heavy atom. The third-order valence-corrected chi connectivity index (χ3v) is 5.12. The van der Waals surface area contributed by atoms with Gasteiger partial charge < -0.3 is 9.32 Å². The zero-order chi connectivity index (χ0) is 19.7. The molecule has 8 heteroatoms. The van der Waals surface area contributed by atoms with Gasteiger partial charge in [0.1, 0.15) is 12.4 Å². The molecule has 6 nitrogen and oxygen atoms in total. The summed E-state index contributed by atoms with van der Waals surface area (Å²) in [6.45, 7) is 1.91. The smallest absolute Gasteiger partial charge is 0.408 e. The first-order valence-electron chi connectivity index (χ1n) is 8.56. The summed E-state index contributed by atoms with van der Waals surface area (Å²) in [5, 5.41) is 2.76. The van der Waals surface area contributed by atoms with Crippen LogP contribution in [0.1, 0.15) is 10.7 Å². The summed E-state index contributed by atoms with van der Waals surface area (Å²) in [5.41, 5.74) is 2.22. The molecule has 4 aromatic rings. The minimum Gasteiger partial charge on any atom is -0.408 e. The van der Waals surface area contributed by atoms with Crippen LogP contribution in [0.3, 0.4) is 0 Å². The summed E-state index contributed by atoms with van der Waals surface area (Å²) in [4.78, 5) is 31.2. The molecule has 0 unspecified atom stereocenters. The van der Waals surface area contributed by atoms with Gasteiger partial charge in [0.25, 0.3) is 0 Å². The molecule has 0 aliphatic carbocycles. The Morgan fingerprint density at radius 2 is 1.96 bits per heavy atom. The van der Waals surface area contributed by atoms with E-state index in [0.717, 1.165) is 10.7 Å².